The van der Waals surface area contributed by atoms with Gasteiger partial charge in [-0.15, -0.1) is 0 Å². The van der Waals surface area contributed by atoms with Crippen LogP contribution in [-0.2, 0) is 37.7 Å². The molecular weight excluding hydrogens is 444 g/mol. The first kappa shape index (κ1) is 32.4. The van der Waals surface area contributed by atoms with E-state index in [1.165, 1.54) is 24.8 Å². The van der Waals surface area contributed by atoms with Gasteiger partial charge >= 0.3 is 5.97 Å². The molecule has 33 heavy (non-hydrogen) atoms. The van der Waals surface area contributed by atoms with Crippen molar-refractivity contribution in [3.05, 3.63) is 107 Å². The Morgan fingerprint density at radius 2 is 1.36 bits per heavy atom. The van der Waals surface area contributed by atoms with E-state index in [1.54, 1.807) is 27.9 Å². The first-order chi connectivity index (χ1) is 15.3. The molecule has 3 saturated carbocycles. The monoisotopic (exact) mass is 483 g/mol. The fourth-order valence-electron chi connectivity index (χ4n) is 2.76. The normalized spacial score (nSPS) is 19.3. The zero-order valence-electron chi connectivity index (χ0n) is 20.5. The van der Waals surface area contributed by atoms with Gasteiger partial charge in [0.2, 0.25) is 0 Å². The Labute approximate surface area is 219 Å². The maximum Gasteiger partial charge on any atom is 0.308 e. The van der Waals surface area contributed by atoms with Crippen LogP contribution in [0.3, 0.4) is 0 Å². The number of ether oxygens (including phenoxy) is 1. The standard InChI is InChI=1S/C14H19O.C5H10O2.2C5H5.Ti/c1-15-10-9-14(13-7-8-13)11-12-5-3-2-4-6-12;1-5(2,3)4(6)7;2*1-2-4-5-3-1;/h2-7,13-14H,8-11H2,1H3;1-3H3,(H,6,7);2*1-5H;/q-1;;;;. The van der Waals surface area contributed by atoms with Crippen molar-refractivity contribution in [3.63, 3.8) is 0 Å². The van der Waals surface area contributed by atoms with E-state index in [-0.39, 0.29) is 21.7 Å². The Hall–Kier alpha value is -0.636. The molecule has 4 heteroatoms. The van der Waals surface area contributed by atoms with Crippen LogP contribution in [0.15, 0.2) is 30.3 Å². The molecule has 0 saturated heterocycles. The number of carbonyl (C=O) groups is 1. The van der Waals surface area contributed by atoms with Crippen LogP contribution in [0.5, 0.6) is 0 Å². The van der Waals surface area contributed by atoms with Crippen LogP contribution in [0.1, 0.15) is 39.2 Å². The van der Waals surface area contributed by atoms with Crippen LogP contribution < -0.4 is 0 Å². The smallest absolute Gasteiger partial charge is 0.308 e. The van der Waals surface area contributed by atoms with Gasteiger partial charge < -0.3 is 16.3 Å². The first-order valence-corrected chi connectivity index (χ1v) is 11.3. The molecule has 2 unspecified atom stereocenters. The molecule has 1 N–H and O–H groups in total. The van der Waals surface area contributed by atoms with E-state index in [9.17, 15) is 4.79 Å². The summed E-state index contributed by atoms with van der Waals surface area (Å²) in [7, 11) is 1.79. The summed E-state index contributed by atoms with van der Waals surface area (Å²) in [5.74, 6) is 0.875. The summed E-state index contributed by atoms with van der Waals surface area (Å²) in [6, 6.07) is 10.8. The van der Waals surface area contributed by atoms with Crippen molar-refractivity contribution in [1.82, 2.24) is 0 Å². The zero-order valence-corrected chi connectivity index (χ0v) is 22.0. The number of rotatable bonds is 6. The maximum absolute atomic E-state index is 10.0. The van der Waals surface area contributed by atoms with Gasteiger partial charge in [0.15, 0.2) is 0 Å². The molecule has 178 valence electrons. The van der Waals surface area contributed by atoms with Crippen molar-refractivity contribution >= 4 is 5.97 Å². The van der Waals surface area contributed by atoms with E-state index in [2.05, 4.69) is 36.8 Å². The molecule has 0 heterocycles. The molecule has 1 aromatic carbocycles. The van der Waals surface area contributed by atoms with E-state index in [0.29, 0.717) is 0 Å². The summed E-state index contributed by atoms with van der Waals surface area (Å²) >= 11 is 0. The van der Waals surface area contributed by atoms with Crippen LogP contribution in [0.25, 0.3) is 0 Å². The number of carboxylic acid groups (broad SMARTS) is 1. The van der Waals surface area contributed by atoms with Crippen molar-refractivity contribution < 1.29 is 36.4 Å². The third-order valence-corrected chi connectivity index (χ3v) is 4.90. The Balaban J connectivity index is 0.000000473. The number of hydrogen-bond acceptors (Lipinski definition) is 2. The Bertz CT molecular complexity index is 545. The van der Waals surface area contributed by atoms with E-state index in [4.69, 9.17) is 9.84 Å². The van der Waals surface area contributed by atoms with Gasteiger partial charge in [-0.3, -0.25) is 4.79 Å². The second-order valence-corrected chi connectivity index (χ2v) is 8.85. The molecule has 0 aromatic heterocycles. The molecule has 2 atom stereocenters. The number of benzene rings is 1. The van der Waals surface area contributed by atoms with Crippen molar-refractivity contribution in [2.75, 3.05) is 13.7 Å². The van der Waals surface area contributed by atoms with Gasteiger partial charge in [0, 0.05) is 35.4 Å². The topological polar surface area (TPSA) is 46.5 Å². The third kappa shape index (κ3) is 18.4. The number of hydrogen-bond donors (Lipinski definition) is 1. The molecule has 3 aliphatic rings. The predicted molar refractivity (Wildman–Crippen MR) is 133 cm³/mol. The SMILES string of the molecule is CC(C)(C)C(=O)O.COCCC(Cc1ccccc1)C1[CH-]C1.[CH]1[CH][CH][CH][CH]1.[CH]1[CH][CH][CH][CH]1.[Ti]. The summed E-state index contributed by atoms with van der Waals surface area (Å²) in [5.41, 5.74) is 0.874. The fourth-order valence-corrected chi connectivity index (χ4v) is 2.76. The van der Waals surface area contributed by atoms with Gasteiger partial charge in [0.25, 0.3) is 0 Å². The fraction of sp³-hybridized carbons (Fsp3) is 0.379. The Morgan fingerprint density at radius 3 is 1.67 bits per heavy atom. The van der Waals surface area contributed by atoms with Gasteiger partial charge in [-0.1, -0.05) is 36.2 Å². The van der Waals surface area contributed by atoms with E-state index >= 15 is 0 Å². The molecule has 0 spiro atoms. The minimum Gasteiger partial charge on any atom is -0.481 e. The second kappa shape index (κ2) is 19.6. The van der Waals surface area contributed by atoms with Crippen molar-refractivity contribution in [1.29, 1.82) is 0 Å². The summed E-state index contributed by atoms with van der Waals surface area (Å²) < 4.78 is 5.17. The van der Waals surface area contributed by atoms with E-state index in [0.717, 1.165) is 18.4 Å². The molecule has 10 radical (unpaired) electrons. The molecule has 0 aliphatic heterocycles. The van der Waals surface area contributed by atoms with Gasteiger partial charge in [0.05, 0.1) is 5.41 Å². The molecule has 3 fully saturated rings. The maximum atomic E-state index is 10.0. The van der Waals surface area contributed by atoms with E-state index < -0.39 is 11.4 Å². The van der Waals surface area contributed by atoms with Gasteiger partial charge in [0.1, 0.15) is 0 Å². The largest absolute Gasteiger partial charge is 0.481 e. The molecule has 3 aliphatic carbocycles. The first-order valence-electron chi connectivity index (χ1n) is 11.3. The minimum atomic E-state index is -0.757. The van der Waals surface area contributed by atoms with Crippen LogP contribution in [0.2, 0.25) is 0 Å². The molecule has 1 aromatic rings. The Morgan fingerprint density at radius 1 is 0.970 bits per heavy atom. The molecular formula is C29H39O3Ti-. The number of methoxy groups -OCH3 is 1. The van der Waals surface area contributed by atoms with Crippen LogP contribution >= 0.6 is 0 Å². The predicted octanol–water partition coefficient (Wildman–Crippen LogP) is 6.26. The summed E-state index contributed by atoms with van der Waals surface area (Å²) in [6.45, 7) is 5.88. The Kier molecular flexibility index (Phi) is 19.3. The van der Waals surface area contributed by atoms with Gasteiger partial charge in [-0.05, 0) is 103 Å². The van der Waals surface area contributed by atoms with Crippen LogP contribution in [-0.4, -0.2) is 24.8 Å². The van der Waals surface area contributed by atoms with Crippen LogP contribution in [0.4, 0.5) is 0 Å². The zero-order chi connectivity index (χ0) is 23.7. The summed E-state index contributed by atoms with van der Waals surface area (Å²) in [5, 5.41) is 8.25. The average molecular weight is 483 g/mol. The quantitative estimate of drug-likeness (QED) is 0.384. The van der Waals surface area contributed by atoms with Gasteiger partial charge in [-0.25, -0.2) is 6.42 Å². The molecule has 0 bridgehead atoms. The molecule has 0 amide bonds. The molecule has 4 rings (SSSR count). The van der Waals surface area contributed by atoms with Crippen molar-refractivity contribution in [2.45, 2.75) is 40.0 Å². The van der Waals surface area contributed by atoms with Crippen LogP contribution in [0, 0.1) is 87.9 Å². The van der Waals surface area contributed by atoms with Crippen molar-refractivity contribution in [3.8, 4) is 0 Å². The summed E-state index contributed by atoms with van der Waals surface area (Å²) in [4.78, 5) is 10.0. The van der Waals surface area contributed by atoms with E-state index in [1.807, 2.05) is 64.2 Å². The van der Waals surface area contributed by atoms with Gasteiger partial charge in [-0.2, -0.15) is 5.92 Å². The molecule has 3 nitrogen and oxygen atoms in total. The minimum absolute atomic E-state index is 0. The number of aliphatic carboxylic acids is 1. The summed E-state index contributed by atoms with van der Waals surface area (Å²) in [6.07, 6.45) is 26.1. The number of carboxylic acids is 1. The van der Waals surface area contributed by atoms with Crippen molar-refractivity contribution in [2.24, 2.45) is 17.3 Å². The second-order valence-electron chi connectivity index (χ2n) is 8.85. The average Bonchev–Trinajstić information content (AvgIpc) is 3.21. The third-order valence-electron chi connectivity index (χ3n) is 4.90.